The predicted octanol–water partition coefficient (Wildman–Crippen LogP) is 2.85. The van der Waals surface area contributed by atoms with Crippen LogP contribution < -0.4 is 5.32 Å². The van der Waals surface area contributed by atoms with Gasteiger partial charge in [0.15, 0.2) is 0 Å². The molecule has 0 unspecified atom stereocenters. The number of halogens is 2. The second-order valence-electron chi connectivity index (χ2n) is 7.76. The summed E-state index contributed by atoms with van der Waals surface area (Å²) in [5.74, 6) is -0.578. The van der Waals surface area contributed by atoms with Gasteiger partial charge < -0.3 is 15.1 Å². The standard InChI is InChI=1S/C22H25F2N3O/c1-26-8-10-27(11-9-26)22(28)14-25-21-13-19(21)16-4-2-15(3-5-16)18-7-6-17(23)12-20(18)24/h2-7,12,19,21,25H,8-11,13-14H2,1H3/t19-,21+/m1/s1. The van der Waals surface area contributed by atoms with Crippen molar-refractivity contribution in [3.63, 3.8) is 0 Å². The van der Waals surface area contributed by atoms with Crippen LogP contribution in [-0.4, -0.2) is 61.5 Å². The highest BCUT2D eigenvalue weighted by molar-refractivity contribution is 5.78. The lowest BCUT2D eigenvalue weighted by Gasteiger charge is -2.32. The fourth-order valence-corrected chi connectivity index (χ4v) is 3.81. The van der Waals surface area contributed by atoms with E-state index in [0.29, 0.717) is 24.1 Å². The molecule has 2 fully saturated rings. The van der Waals surface area contributed by atoms with Gasteiger partial charge in [0.2, 0.25) is 5.91 Å². The van der Waals surface area contributed by atoms with Crippen LogP contribution in [-0.2, 0) is 4.79 Å². The first-order valence-electron chi connectivity index (χ1n) is 9.76. The molecule has 1 aliphatic heterocycles. The van der Waals surface area contributed by atoms with Crippen LogP contribution >= 0.6 is 0 Å². The second-order valence-corrected chi connectivity index (χ2v) is 7.76. The van der Waals surface area contributed by atoms with Crippen molar-refractivity contribution in [2.75, 3.05) is 39.8 Å². The van der Waals surface area contributed by atoms with E-state index in [2.05, 4.69) is 17.3 Å². The Kier molecular flexibility index (Phi) is 5.42. The molecule has 0 bridgehead atoms. The SMILES string of the molecule is CN1CCN(C(=O)CN[C@H]2C[C@@H]2c2ccc(-c3ccc(F)cc3F)cc2)CC1. The van der Waals surface area contributed by atoms with Gasteiger partial charge in [0.1, 0.15) is 11.6 Å². The van der Waals surface area contributed by atoms with E-state index < -0.39 is 11.6 Å². The number of carbonyl (C=O) groups is 1. The van der Waals surface area contributed by atoms with Crippen LogP contribution in [0.5, 0.6) is 0 Å². The molecule has 0 radical (unpaired) electrons. The third kappa shape index (κ3) is 4.23. The van der Waals surface area contributed by atoms with Gasteiger partial charge in [-0.15, -0.1) is 0 Å². The largest absolute Gasteiger partial charge is 0.339 e. The van der Waals surface area contributed by atoms with Gasteiger partial charge in [-0.05, 0) is 36.7 Å². The summed E-state index contributed by atoms with van der Waals surface area (Å²) in [4.78, 5) is 16.5. The molecule has 1 saturated heterocycles. The number of rotatable bonds is 5. The quantitative estimate of drug-likeness (QED) is 0.860. The van der Waals surface area contributed by atoms with Crippen molar-refractivity contribution >= 4 is 5.91 Å². The summed E-state index contributed by atoms with van der Waals surface area (Å²) in [6.07, 6.45) is 1.00. The summed E-state index contributed by atoms with van der Waals surface area (Å²) < 4.78 is 27.0. The number of benzene rings is 2. The monoisotopic (exact) mass is 385 g/mol. The lowest BCUT2D eigenvalue weighted by atomic mass is 10.0. The summed E-state index contributed by atoms with van der Waals surface area (Å²) >= 11 is 0. The van der Waals surface area contributed by atoms with E-state index >= 15 is 0 Å². The Labute approximate surface area is 164 Å². The zero-order valence-electron chi connectivity index (χ0n) is 16.0. The molecule has 4 rings (SSSR count). The van der Waals surface area contributed by atoms with Gasteiger partial charge in [-0.2, -0.15) is 0 Å². The van der Waals surface area contributed by atoms with E-state index in [1.165, 1.54) is 17.7 Å². The molecule has 148 valence electrons. The van der Waals surface area contributed by atoms with Crippen LogP contribution in [0, 0.1) is 11.6 Å². The molecule has 6 heteroatoms. The van der Waals surface area contributed by atoms with Gasteiger partial charge in [0.05, 0.1) is 6.54 Å². The molecule has 1 amide bonds. The van der Waals surface area contributed by atoms with Gasteiger partial charge in [-0.25, -0.2) is 8.78 Å². The number of likely N-dealkylation sites (N-methyl/N-ethyl adjacent to an activating group) is 1. The van der Waals surface area contributed by atoms with Crippen LogP contribution in [0.4, 0.5) is 8.78 Å². The molecule has 1 heterocycles. The Morgan fingerprint density at radius 3 is 2.46 bits per heavy atom. The normalized spacial score (nSPS) is 22.3. The molecule has 2 aromatic rings. The highest BCUT2D eigenvalue weighted by atomic mass is 19.1. The van der Waals surface area contributed by atoms with Crippen LogP contribution in [0.1, 0.15) is 17.9 Å². The number of nitrogens with one attached hydrogen (secondary N) is 1. The van der Waals surface area contributed by atoms with Crippen molar-refractivity contribution in [3.8, 4) is 11.1 Å². The Bertz CT molecular complexity index is 847. The maximum absolute atomic E-state index is 13.9. The van der Waals surface area contributed by atoms with Crippen LogP contribution in [0.3, 0.4) is 0 Å². The van der Waals surface area contributed by atoms with Crippen LogP contribution in [0.25, 0.3) is 11.1 Å². The number of piperazine rings is 1. The second kappa shape index (κ2) is 7.97. The molecular weight excluding hydrogens is 360 g/mol. The summed E-state index contributed by atoms with van der Waals surface area (Å²) in [5, 5.41) is 3.37. The van der Waals surface area contributed by atoms with Gasteiger partial charge in [-0.1, -0.05) is 24.3 Å². The van der Waals surface area contributed by atoms with Crippen molar-refractivity contribution in [1.29, 1.82) is 0 Å². The first-order valence-corrected chi connectivity index (χ1v) is 9.76. The average molecular weight is 385 g/mol. The van der Waals surface area contributed by atoms with E-state index in [1.807, 2.05) is 29.2 Å². The molecule has 0 aromatic heterocycles. The van der Waals surface area contributed by atoms with E-state index in [9.17, 15) is 13.6 Å². The maximum atomic E-state index is 13.9. The minimum atomic E-state index is -0.573. The average Bonchev–Trinajstić information content (AvgIpc) is 3.47. The number of nitrogens with zero attached hydrogens (tertiary/aromatic N) is 2. The molecule has 4 nitrogen and oxygen atoms in total. The van der Waals surface area contributed by atoms with Gasteiger partial charge in [-0.3, -0.25) is 4.79 Å². The van der Waals surface area contributed by atoms with Crippen LogP contribution in [0.15, 0.2) is 42.5 Å². The van der Waals surface area contributed by atoms with Crippen molar-refractivity contribution < 1.29 is 13.6 Å². The fraction of sp³-hybridized carbons (Fsp3) is 0.409. The maximum Gasteiger partial charge on any atom is 0.236 e. The van der Waals surface area contributed by atoms with Gasteiger partial charge in [0.25, 0.3) is 0 Å². The van der Waals surface area contributed by atoms with Gasteiger partial charge >= 0.3 is 0 Å². The first kappa shape index (κ1) is 19.0. The van der Waals surface area contributed by atoms with Crippen molar-refractivity contribution in [2.24, 2.45) is 0 Å². The Morgan fingerprint density at radius 1 is 1.07 bits per heavy atom. The zero-order valence-corrected chi connectivity index (χ0v) is 16.0. The Morgan fingerprint density at radius 2 is 1.79 bits per heavy atom. The Balaban J connectivity index is 1.30. The van der Waals surface area contributed by atoms with Gasteiger partial charge in [0, 0.05) is 49.8 Å². The molecule has 0 spiro atoms. The topological polar surface area (TPSA) is 35.6 Å². The molecule has 2 atom stereocenters. The highest BCUT2D eigenvalue weighted by Gasteiger charge is 2.38. The number of hydrogen-bond donors (Lipinski definition) is 1. The number of hydrogen-bond acceptors (Lipinski definition) is 3. The van der Waals surface area contributed by atoms with Crippen LogP contribution in [0.2, 0.25) is 0 Å². The molecule has 1 saturated carbocycles. The summed E-state index contributed by atoms with van der Waals surface area (Å²) in [6, 6.07) is 11.7. The lowest BCUT2D eigenvalue weighted by molar-refractivity contribution is -0.131. The van der Waals surface area contributed by atoms with E-state index in [4.69, 9.17) is 0 Å². The minimum Gasteiger partial charge on any atom is -0.339 e. The summed E-state index contributed by atoms with van der Waals surface area (Å²) in [7, 11) is 2.07. The highest BCUT2D eigenvalue weighted by Crippen LogP contribution is 2.41. The fourth-order valence-electron chi connectivity index (χ4n) is 3.81. The third-order valence-corrected chi connectivity index (χ3v) is 5.74. The molecular formula is C22H25F2N3O. The number of amides is 1. The van der Waals surface area contributed by atoms with E-state index in [1.54, 1.807) is 0 Å². The Hall–Kier alpha value is -2.31. The third-order valence-electron chi connectivity index (χ3n) is 5.74. The summed E-state index contributed by atoms with van der Waals surface area (Å²) in [6.45, 7) is 3.83. The zero-order chi connectivity index (χ0) is 19.7. The predicted molar refractivity (Wildman–Crippen MR) is 105 cm³/mol. The minimum absolute atomic E-state index is 0.167. The summed E-state index contributed by atoms with van der Waals surface area (Å²) in [5.41, 5.74) is 2.31. The molecule has 28 heavy (non-hydrogen) atoms. The molecule has 1 aliphatic carbocycles. The first-order chi connectivity index (χ1) is 13.5. The smallest absolute Gasteiger partial charge is 0.236 e. The molecule has 2 aromatic carbocycles. The van der Waals surface area contributed by atoms with Crippen molar-refractivity contribution in [2.45, 2.75) is 18.4 Å². The lowest BCUT2D eigenvalue weighted by Crippen LogP contribution is -2.49. The van der Waals surface area contributed by atoms with E-state index in [-0.39, 0.29) is 5.91 Å². The molecule has 2 aliphatic rings. The van der Waals surface area contributed by atoms with Crippen molar-refractivity contribution in [1.82, 2.24) is 15.1 Å². The molecule has 1 N–H and O–H groups in total. The van der Waals surface area contributed by atoms with E-state index in [0.717, 1.165) is 44.2 Å². The number of carbonyl (C=O) groups excluding carboxylic acids is 1. The van der Waals surface area contributed by atoms with Crippen molar-refractivity contribution in [3.05, 3.63) is 59.7 Å².